The van der Waals surface area contributed by atoms with Crippen molar-refractivity contribution in [3.05, 3.63) is 42.5 Å². The fourth-order valence-corrected chi connectivity index (χ4v) is 3.01. The van der Waals surface area contributed by atoms with Gasteiger partial charge in [-0.15, -0.1) is 0 Å². The predicted molar refractivity (Wildman–Crippen MR) is 95.8 cm³/mol. The summed E-state index contributed by atoms with van der Waals surface area (Å²) < 4.78 is 102. The molecule has 2 N–H and O–H groups in total. The highest BCUT2D eigenvalue weighted by Crippen LogP contribution is 2.38. The van der Waals surface area contributed by atoms with Crippen LogP contribution in [0, 0.1) is 0 Å². The van der Waals surface area contributed by atoms with Gasteiger partial charge in [0.2, 0.25) is 13.7 Å². The molecule has 0 aromatic heterocycles. The van der Waals surface area contributed by atoms with Crippen molar-refractivity contribution in [1.29, 1.82) is 0 Å². The maximum absolute atomic E-state index is 13.1. The number of anilines is 1. The third-order valence-electron chi connectivity index (χ3n) is 3.54. The first kappa shape index (κ1) is 24.0. The molecular formula is C17H14F5NO7S. The van der Waals surface area contributed by atoms with Gasteiger partial charge in [-0.25, -0.2) is 17.2 Å². The molecule has 0 aliphatic carbocycles. The van der Waals surface area contributed by atoms with E-state index in [9.17, 15) is 40.3 Å². The molecule has 1 unspecified atom stereocenters. The van der Waals surface area contributed by atoms with Gasteiger partial charge in [-0.1, -0.05) is 18.2 Å². The smallest absolute Gasteiger partial charge is 0.501 e. The summed E-state index contributed by atoms with van der Waals surface area (Å²) in [4.78, 5) is 12.5. The highest BCUT2D eigenvalue weighted by molar-refractivity contribution is 7.93. The molecule has 31 heavy (non-hydrogen) atoms. The molecule has 0 saturated carbocycles. The van der Waals surface area contributed by atoms with E-state index in [0.29, 0.717) is 6.07 Å². The Morgan fingerprint density at radius 2 is 1.61 bits per heavy atom. The second-order valence-electron chi connectivity index (χ2n) is 5.57. The van der Waals surface area contributed by atoms with Gasteiger partial charge in [-0.2, -0.15) is 13.2 Å². The van der Waals surface area contributed by atoms with E-state index < -0.39 is 63.3 Å². The average Bonchev–Trinajstić information content (AvgIpc) is 2.69. The predicted octanol–water partition coefficient (Wildman–Crippen LogP) is 3.28. The molecule has 0 bridgehead atoms. The van der Waals surface area contributed by atoms with Crippen LogP contribution in [0.1, 0.15) is 0 Å². The molecule has 1 amide bonds. The van der Waals surface area contributed by atoms with Gasteiger partial charge in [0.15, 0.2) is 11.5 Å². The van der Waals surface area contributed by atoms with Crippen molar-refractivity contribution in [2.24, 2.45) is 0 Å². The Kier molecular flexibility index (Phi) is 7.49. The molecule has 2 aromatic carbocycles. The lowest BCUT2D eigenvalue weighted by Crippen LogP contribution is -2.46. The number of carbonyl (C=O) groups excluding carboxylic acids is 1. The van der Waals surface area contributed by atoms with Crippen LogP contribution in [0.5, 0.6) is 23.0 Å². The Balaban J connectivity index is 2.45. The SMILES string of the molecule is O=C(Nc1cc(O)c(OCF)cc1OCF)C(Oc1ccccc1)S(=O)(=O)C(F)(F)F. The van der Waals surface area contributed by atoms with E-state index in [1.54, 1.807) is 5.32 Å². The van der Waals surface area contributed by atoms with E-state index in [0.717, 1.165) is 18.2 Å². The fourth-order valence-electron chi connectivity index (χ4n) is 2.19. The number of amides is 1. The number of nitrogens with one attached hydrogen (secondary N) is 1. The zero-order valence-electron chi connectivity index (χ0n) is 15.2. The third-order valence-corrected chi connectivity index (χ3v) is 5.06. The summed E-state index contributed by atoms with van der Waals surface area (Å²) in [5.41, 5.74) is -9.59. The number of rotatable bonds is 9. The van der Waals surface area contributed by atoms with Gasteiger partial charge >= 0.3 is 5.51 Å². The molecular weight excluding hydrogens is 457 g/mol. The van der Waals surface area contributed by atoms with Gasteiger partial charge < -0.3 is 24.6 Å². The van der Waals surface area contributed by atoms with Crippen molar-refractivity contribution in [2.45, 2.75) is 10.9 Å². The molecule has 0 aliphatic heterocycles. The summed E-state index contributed by atoms with van der Waals surface area (Å²) in [6.45, 7) is -2.89. The molecule has 2 rings (SSSR count). The van der Waals surface area contributed by atoms with Crippen LogP contribution in [-0.2, 0) is 14.6 Å². The van der Waals surface area contributed by atoms with E-state index in [-0.39, 0.29) is 5.75 Å². The quantitative estimate of drug-likeness (QED) is 0.540. The molecule has 0 saturated heterocycles. The molecule has 0 radical (unpaired) electrons. The van der Waals surface area contributed by atoms with E-state index in [4.69, 9.17) is 4.74 Å². The molecule has 170 valence electrons. The van der Waals surface area contributed by atoms with Crippen LogP contribution >= 0.6 is 0 Å². The first-order chi connectivity index (χ1) is 14.5. The molecule has 0 spiro atoms. The number of aromatic hydroxyl groups is 1. The Morgan fingerprint density at radius 3 is 2.16 bits per heavy atom. The fraction of sp³-hybridized carbons (Fsp3) is 0.235. The van der Waals surface area contributed by atoms with Crippen LogP contribution < -0.4 is 19.5 Å². The van der Waals surface area contributed by atoms with Crippen molar-refractivity contribution in [3.63, 3.8) is 0 Å². The normalized spacial score (nSPS) is 12.7. The topological polar surface area (TPSA) is 111 Å². The second-order valence-corrected chi connectivity index (χ2v) is 7.55. The highest BCUT2D eigenvalue weighted by atomic mass is 32.2. The number of hydrogen-bond acceptors (Lipinski definition) is 7. The molecule has 14 heteroatoms. The standard InChI is InChI=1S/C17H14F5NO7S/c18-8-28-13-7-14(29-9-19)12(24)6-11(13)23-15(25)16(31(26,27)17(20,21)22)30-10-4-2-1-3-5-10/h1-7,16,24H,8-9H2,(H,23,25). The van der Waals surface area contributed by atoms with Crippen molar-refractivity contribution >= 4 is 21.4 Å². The van der Waals surface area contributed by atoms with Crippen molar-refractivity contribution in [3.8, 4) is 23.0 Å². The van der Waals surface area contributed by atoms with Crippen molar-refractivity contribution in [2.75, 3.05) is 19.0 Å². The lowest BCUT2D eigenvalue weighted by atomic mass is 10.2. The maximum atomic E-state index is 13.1. The zero-order valence-corrected chi connectivity index (χ0v) is 16.0. The number of para-hydroxylation sites is 1. The minimum absolute atomic E-state index is 0.370. The number of hydrogen-bond donors (Lipinski definition) is 2. The Morgan fingerprint density at radius 1 is 1.03 bits per heavy atom. The molecule has 0 fully saturated rings. The number of halogens is 5. The Bertz CT molecular complexity index is 1020. The summed E-state index contributed by atoms with van der Waals surface area (Å²) >= 11 is 0. The first-order valence-corrected chi connectivity index (χ1v) is 9.63. The van der Waals surface area contributed by atoms with Crippen LogP contribution in [0.25, 0.3) is 0 Å². The largest absolute Gasteiger partial charge is 0.504 e. The number of ether oxygens (including phenoxy) is 3. The van der Waals surface area contributed by atoms with Gasteiger partial charge in [0.05, 0.1) is 5.69 Å². The number of sulfone groups is 1. The summed E-state index contributed by atoms with van der Waals surface area (Å²) in [7, 11) is -6.19. The number of carbonyl (C=O) groups is 1. The molecule has 2 aromatic rings. The third kappa shape index (κ3) is 5.65. The first-order valence-electron chi connectivity index (χ1n) is 8.08. The summed E-state index contributed by atoms with van der Waals surface area (Å²) in [5.74, 6) is -4.14. The Labute approximate surface area is 172 Å². The van der Waals surface area contributed by atoms with Crippen LogP contribution in [0.3, 0.4) is 0 Å². The van der Waals surface area contributed by atoms with Crippen LogP contribution in [-0.4, -0.2) is 44.1 Å². The van der Waals surface area contributed by atoms with Crippen molar-refractivity contribution < 1.29 is 54.5 Å². The van der Waals surface area contributed by atoms with E-state index in [2.05, 4.69) is 9.47 Å². The molecule has 8 nitrogen and oxygen atoms in total. The number of alkyl halides is 5. The lowest BCUT2D eigenvalue weighted by molar-refractivity contribution is -0.120. The van der Waals surface area contributed by atoms with Gasteiger partial charge in [0, 0.05) is 12.1 Å². The summed E-state index contributed by atoms with van der Waals surface area (Å²) in [5, 5.41) is 11.5. The second kappa shape index (κ2) is 9.68. The number of benzene rings is 2. The maximum Gasteiger partial charge on any atom is 0.501 e. The van der Waals surface area contributed by atoms with E-state index in [1.807, 2.05) is 0 Å². The van der Waals surface area contributed by atoms with Crippen LogP contribution in [0.4, 0.5) is 27.6 Å². The molecule has 0 heterocycles. The minimum Gasteiger partial charge on any atom is -0.504 e. The van der Waals surface area contributed by atoms with E-state index in [1.165, 1.54) is 18.2 Å². The van der Waals surface area contributed by atoms with Gasteiger partial charge in [0.25, 0.3) is 21.2 Å². The average molecular weight is 471 g/mol. The van der Waals surface area contributed by atoms with E-state index >= 15 is 0 Å². The number of phenolic OH excluding ortho intramolecular Hbond substituents is 1. The van der Waals surface area contributed by atoms with Gasteiger partial charge in [0.1, 0.15) is 11.5 Å². The molecule has 0 aliphatic rings. The summed E-state index contributed by atoms with van der Waals surface area (Å²) in [6.07, 6.45) is 0. The summed E-state index contributed by atoms with van der Waals surface area (Å²) in [6, 6.07) is 7.68. The van der Waals surface area contributed by atoms with Crippen LogP contribution in [0.2, 0.25) is 0 Å². The monoisotopic (exact) mass is 471 g/mol. The van der Waals surface area contributed by atoms with Gasteiger partial charge in [-0.05, 0) is 12.1 Å². The number of phenols is 1. The highest BCUT2D eigenvalue weighted by Gasteiger charge is 2.55. The van der Waals surface area contributed by atoms with Gasteiger partial charge in [-0.3, -0.25) is 4.79 Å². The lowest BCUT2D eigenvalue weighted by Gasteiger charge is -2.21. The Hall–Kier alpha value is -3.29. The molecule has 1 atom stereocenters. The van der Waals surface area contributed by atoms with Crippen LogP contribution in [0.15, 0.2) is 42.5 Å². The zero-order chi connectivity index (χ0) is 23.2. The van der Waals surface area contributed by atoms with Crippen molar-refractivity contribution in [1.82, 2.24) is 0 Å². The minimum atomic E-state index is -6.19.